The van der Waals surface area contributed by atoms with Crippen LogP contribution in [0.5, 0.6) is 0 Å². The molecule has 47 heavy (non-hydrogen) atoms. The molecule has 4 heterocycles. The van der Waals surface area contributed by atoms with Gasteiger partial charge in [0.15, 0.2) is 0 Å². The monoisotopic (exact) mass is 642 g/mol. The van der Waals surface area contributed by atoms with Crippen LogP contribution < -0.4 is 16.2 Å². The Morgan fingerprint density at radius 3 is 2.51 bits per heavy atom. The molecular formula is C36H43FN6O4. The van der Waals surface area contributed by atoms with Crippen molar-refractivity contribution in [2.45, 2.75) is 51.8 Å². The predicted octanol–water partition coefficient (Wildman–Crippen LogP) is 3.91. The second-order valence-corrected chi connectivity index (χ2v) is 12.7. The van der Waals surface area contributed by atoms with Crippen LogP contribution in [0.3, 0.4) is 0 Å². The summed E-state index contributed by atoms with van der Waals surface area (Å²) in [6, 6.07) is 5.57. The highest BCUT2D eigenvalue weighted by molar-refractivity contribution is 6.07. The Hall–Kier alpha value is -4.48. The molecule has 0 spiro atoms. The van der Waals surface area contributed by atoms with Crippen LogP contribution in [0.2, 0.25) is 0 Å². The third kappa shape index (κ3) is 6.29. The fraction of sp³-hybridized carbons (Fsp3) is 0.417. The number of likely N-dealkylation sites (N-methyl/N-ethyl adjacent to an activating group) is 1. The number of amides is 1. The number of fused-ring (bicyclic) bond motifs is 3. The lowest BCUT2D eigenvalue weighted by Gasteiger charge is -2.37. The molecule has 248 valence electrons. The number of aryl methyl sites for hydroxylation is 2. The minimum absolute atomic E-state index is 0.186. The van der Waals surface area contributed by atoms with Gasteiger partial charge in [0.2, 0.25) is 0 Å². The number of anilines is 1. The first-order valence-electron chi connectivity index (χ1n) is 16.3. The quantitative estimate of drug-likeness (QED) is 0.294. The lowest BCUT2D eigenvalue weighted by Crippen LogP contribution is -2.46. The van der Waals surface area contributed by atoms with Crippen molar-refractivity contribution in [1.29, 1.82) is 0 Å². The standard InChI is InChI=1S/C36H43FN6O4/c1-5-8-31(41-13-11-39(3)12-14-41)34(38)28-17-25(21-40(4)35(28)45)27-19-26(37)20-32(29(27)22-47-23(2)44)43-16-15-42-30-10-7-6-9-24(30)18-33(42)36(43)46/h5,8,17-21,34H,1,6-7,9-16,22,38H2,2-4H3/b31-8+. The average Bonchev–Trinajstić information content (AvgIpc) is 3.44. The van der Waals surface area contributed by atoms with Gasteiger partial charge in [-0.25, -0.2) is 4.39 Å². The summed E-state index contributed by atoms with van der Waals surface area (Å²) in [7, 11) is 3.70. The van der Waals surface area contributed by atoms with Gasteiger partial charge in [0, 0.05) is 82.0 Å². The van der Waals surface area contributed by atoms with E-state index >= 15 is 4.39 Å². The van der Waals surface area contributed by atoms with E-state index in [0.29, 0.717) is 46.7 Å². The Bertz CT molecular complexity index is 1820. The van der Waals surface area contributed by atoms with Crippen LogP contribution in [-0.2, 0) is 42.6 Å². The van der Waals surface area contributed by atoms with Crippen molar-refractivity contribution in [2.75, 3.05) is 44.7 Å². The molecule has 2 aromatic heterocycles. The molecule has 3 aromatic rings. The molecule has 1 amide bonds. The first-order valence-corrected chi connectivity index (χ1v) is 16.3. The zero-order valence-corrected chi connectivity index (χ0v) is 27.4. The topological polar surface area (TPSA) is 106 Å². The summed E-state index contributed by atoms with van der Waals surface area (Å²) in [5.74, 6) is -1.29. The molecule has 1 saturated heterocycles. The van der Waals surface area contributed by atoms with E-state index in [1.165, 1.54) is 34.9 Å². The number of halogens is 1. The third-order valence-electron chi connectivity index (χ3n) is 9.65. The molecule has 2 N–H and O–H groups in total. The molecule has 6 rings (SSSR count). The molecule has 1 unspecified atom stereocenters. The van der Waals surface area contributed by atoms with E-state index in [4.69, 9.17) is 10.5 Å². The molecule has 0 saturated carbocycles. The predicted molar refractivity (Wildman–Crippen MR) is 180 cm³/mol. The summed E-state index contributed by atoms with van der Waals surface area (Å²) in [6.07, 6.45) is 9.21. The number of piperazine rings is 1. The molecule has 1 aromatic carbocycles. The molecule has 2 aliphatic heterocycles. The van der Waals surface area contributed by atoms with Crippen molar-refractivity contribution >= 4 is 17.6 Å². The molecule has 0 bridgehead atoms. The second-order valence-electron chi connectivity index (χ2n) is 12.7. The van der Waals surface area contributed by atoms with E-state index in [1.54, 1.807) is 30.3 Å². The van der Waals surface area contributed by atoms with Gasteiger partial charge in [0.25, 0.3) is 11.5 Å². The van der Waals surface area contributed by atoms with E-state index < -0.39 is 17.8 Å². The average molecular weight is 643 g/mol. The lowest BCUT2D eigenvalue weighted by molar-refractivity contribution is -0.142. The number of hydrogen-bond donors (Lipinski definition) is 1. The van der Waals surface area contributed by atoms with Crippen LogP contribution in [0, 0.1) is 5.82 Å². The molecule has 0 radical (unpaired) electrons. The number of ether oxygens (including phenoxy) is 1. The molecule has 3 aliphatic rings. The van der Waals surface area contributed by atoms with Gasteiger partial charge in [-0.3, -0.25) is 14.4 Å². The number of benzene rings is 1. The summed E-state index contributed by atoms with van der Waals surface area (Å²) in [5, 5.41) is 0. The zero-order chi connectivity index (χ0) is 33.4. The van der Waals surface area contributed by atoms with Gasteiger partial charge in [-0.15, -0.1) is 0 Å². The number of aromatic nitrogens is 2. The lowest BCUT2D eigenvalue weighted by atomic mass is 9.95. The van der Waals surface area contributed by atoms with Crippen molar-refractivity contribution in [3.63, 3.8) is 0 Å². The van der Waals surface area contributed by atoms with Crippen LogP contribution in [-0.4, -0.2) is 70.6 Å². The Morgan fingerprint density at radius 2 is 1.79 bits per heavy atom. The van der Waals surface area contributed by atoms with E-state index in [2.05, 4.69) is 28.0 Å². The highest BCUT2D eigenvalue weighted by Gasteiger charge is 2.33. The van der Waals surface area contributed by atoms with Crippen LogP contribution >= 0.6 is 0 Å². The number of pyridine rings is 1. The third-order valence-corrected chi connectivity index (χ3v) is 9.65. The van der Waals surface area contributed by atoms with Crippen LogP contribution in [0.1, 0.15) is 58.7 Å². The van der Waals surface area contributed by atoms with E-state index in [-0.39, 0.29) is 18.1 Å². The van der Waals surface area contributed by atoms with Gasteiger partial charge in [-0.1, -0.05) is 12.7 Å². The van der Waals surface area contributed by atoms with Gasteiger partial charge < -0.3 is 34.3 Å². The first kappa shape index (κ1) is 32.5. The first-order chi connectivity index (χ1) is 22.6. The fourth-order valence-corrected chi connectivity index (χ4v) is 7.17. The minimum atomic E-state index is -0.775. The van der Waals surface area contributed by atoms with Gasteiger partial charge in [-0.05, 0) is 79.8 Å². The van der Waals surface area contributed by atoms with Crippen molar-refractivity contribution in [3.05, 3.63) is 99.1 Å². The Morgan fingerprint density at radius 1 is 1.04 bits per heavy atom. The number of rotatable bonds is 8. The molecule has 1 fully saturated rings. The number of esters is 1. The van der Waals surface area contributed by atoms with E-state index in [1.807, 2.05) is 12.1 Å². The maximum absolute atomic E-state index is 15.6. The SMILES string of the molecule is C=C/C=C(\C(N)c1cc(-c2cc(F)cc(N3CCn4c(cc5c4CCCC5)C3=O)c2COC(C)=O)cn(C)c1=O)N1CCN(C)CC1. The summed E-state index contributed by atoms with van der Waals surface area (Å²) >= 11 is 0. The summed E-state index contributed by atoms with van der Waals surface area (Å²) in [6.45, 7) is 9.12. The molecular weight excluding hydrogens is 599 g/mol. The Kier molecular flexibility index (Phi) is 9.20. The van der Waals surface area contributed by atoms with Gasteiger partial charge in [-0.2, -0.15) is 0 Å². The van der Waals surface area contributed by atoms with Gasteiger partial charge in [0.1, 0.15) is 18.1 Å². The van der Waals surface area contributed by atoms with E-state index in [0.717, 1.165) is 57.6 Å². The Labute approximate surface area is 274 Å². The number of carbonyl (C=O) groups excluding carboxylic acids is 2. The van der Waals surface area contributed by atoms with Gasteiger partial charge in [0.05, 0.1) is 11.7 Å². The second kappa shape index (κ2) is 13.3. The highest BCUT2D eigenvalue weighted by Crippen LogP contribution is 2.37. The molecule has 11 heteroatoms. The number of allylic oxidation sites excluding steroid dienone is 2. The van der Waals surface area contributed by atoms with Crippen molar-refractivity contribution in [3.8, 4) is 11.1 Å². The maximum atomic E-state index is 15.6. The largest absolute Gasteiger partial charge is 0.461 e. The minimum Gasteiger partial charge on any atom is -0.461 e. The number of nitrogens with two attached hydrogens (primary N) is 1. The van der Waals surface area contributed by atoms with Crippen molar-refractivity contribution < 1.29 is 18.7 Å². The number of carbonyl (C=O) groups is 2. The summed E-state index contributed by atoms with van der Waals surface area (Å²) < 4.78 is 24.7. The Balaban J connectivity index is 1.44. The number of hydrogen-bond acceptors (Lipinski definition) is 7. The molecule has 10 nitrogen and oxygen atoms in total. The van der Waals surface area contributed by atoms with Crippen molar-refractivity contribution in [1.82, 2.24) is 18.9 Å². The fourth-order valence-electron chi connectivity index (χ4n) is 7.17. The van der Waals surface area contributed by atoms with Crippen LogP contribution in [0.15, 0.2) is 59.7 Å². The van der Waals surface area contributed by atoms with Crippen LogP contribution in [0.25, 0.3) is 11.1 Å². The zero-order valence-electron chi connectivity index (χ0n) is 27.4. The normalized spacial score (nSPS) is 17.7. The summed E-state index contributed by atoms with van der Waals surface area (Å²) in [5.41, 5.74) is 12.4. The maximum Gasteiger partial charge on any atom is 0.302 e. The molecule has 1 aliphatic carbocycles. The smallest absolute Gasteiger partial charge is 0.302 e. The van der Waals surface area contributed by atoms with Crippen LogP contribution in [0.4, 0.5) is 10.1 Å². The number of nitrogens with zero attached hydrogens (tertiary/aromatic N) is 5. The highest BCUT2D eigenvalue weighted by atomic mass is 19.1. The summed E-state index contributed by atoms with van der Waals surface area (Å²) in [4.78, 5) is 45.6. The molecule has 1 atom stereocenters. The van der Waals surface area contributed by atoms with Gasteiger partial charge >= 0.3 is 5.97 Å². The van der Waals surface area contributed by atoms with Crippen molar-refractivity contribution in [2.24, 2.45) is 12.8 Å². The van der Waals surface area contributed by atoms with E-state index in [9.17, 15) is 14.4 Å².